The Morgan fingerprint density at radius 2 is 1.57 bits per heavy atom. The highest BCUT2D eigenvalue weighted by molar-refractivity contribution is 5.03. The molecule has 1 aliphatic heterocycles. The molecule has 0 bridgehead atoms. The van der Waals surface area contributed by atoms with Crippen LogP contribution in [0.15, 0.2) is 0 Å². The van der Waals surface area contributed by atoms with Crippen molar-refractivity contribution in [1.82, 2.24) is 5.32 Å². The Bertz CT molecular complexity index is 193. The van der Waals surface area contributed by atoms with Crippen molar-refractivity contribution in [3.8, 4) is 0 Å². The van der Waals surface area contributed by atoms with Crippen molar-refractivity contribution in [3.05, 3.63) is 0 Å². The van der Waals surface area contributed by atoms with Gasteiger partial charge >= 0.3 is 0 Å². The van der Waals surface area contributed by atoms with Crippen molar-refractivity contribution in [3.63, 3.8) is 0 Å². The van der Waals surface area contributed by atoms with E-state index < -0.39 is 5.60 Å². The Labute approximate surface area is 85.5 Å². The minimum absolute atomic E-state index is 0.144. The predicted octanol–water partition coefficient (Wildman–Crippen LogP) is 0.654. The number of aliphatic hydroxyl groups excluding tert-OH is 1. The molecule has 3 heteroatoms. The van der Waals surface area contributed by atoms with E-state index in [1.165, 1.54) is 0 Å². The van der Waals surface area contributed by atoms with Crippen molar-refractivity contribution >= 4 is 0 Å². The third-order valence-corrected chi connectivity index (χ3v) is 4.28. The monoisotopic (exact) mass is 199 g/mol. The molecule has 1 saturated heterocycles. The van der Waals surface area contributed by atoms with E-state index in [-0.39, 0.29) is 12.0 Å². The van der Waals surface area contributed by atoms with Gasteiger partial charge in [-0.15, -0.1) is 0 Å². The molecule has 3 N–H and O–H groups in total. The van der Waals surface area contributed by atoms with Gasteiger partial charge in [0.25, 0.3) is 0 Å². The van der Waals surface area contributed by atoms with Crippen molar-refractivity contribution in [2.45, 2.75) is 44.1 Å². The molecule has 0 amide bonds. The van der Waals surface area contributed by atoms with Gasteiger partial charge in [-0.25, -0.2) is 0 Å². The molecule has 3 nitrogen and oxygen atoms in total. The van der Waals surface area contributed by atoms with Gasteiger partial charge < -0.3 is 15.5 Å². The van der Waals surface area contributed by atoms with Gasteiger partial charge in [0, 0.05) is 5.41 Å². The largest absolute Gasteiger partial charge is 0.396 e. The van der Waals surface area contributed by atoms with E-state index in [2.05, 4.69) is 5.32 Å². The minimum atomic E-state index is -0.580. The molecule has 2 fully saturated rings. The van der Waals surface area contributed by atoms with E-state index in [9.17, 15) is 10.2 Å². The summed E-state index contributed by atoms with van der Waals surface area (Å²) in [4.78, 5) is 0. The number of hydrogen-bond acceptors (Lipinski definition) is 3. The number of nitrogens with one attached hydrogen (secondary N) is 1. The van der Waals surface area contributed by atoms with Crippen LogP contribution in [-0.4, -0.2) is 35.5 Å². The third-order valence-electron chi connectivity index (χ3n) is 4.28. The van der Waals surface area contributed by atoms with Gasteiger partial charge in [0.15, 0.2) is 0 Å². The first-order chi connectivity index (χ1) is 6.72. The summed E-state index contributed by atoms with van der Waals surface area (Å²) in [5, 5.41) is 23.5. The van der Waals surface area contributed by atoms with Crippen molar-refractivity contribution in [1.29, 1.82) is 0 Å². The lowest BCUT2D eigenvalue weighted by atomic mass is 9.65. The Morgan fingerprint density at radius 3 is 2.07 bits per heavy atom. The molecular weight excluding hydrogens is 178 g/mol. The summed E-state index contributed by atoms with van der Waals surface area (Å²) in [6.07, 6.45) is 5.83. The predicted molar refractivity (Wildman–Crippen MR) is 55.0 cm³/mol. The Hall–Kier alpha value is -0.120. The van der Waals surface area contributed by atoms with Gasteiger partial charge in [0.2, 0.25) is 0 Å². The molecule has 2 rings (SSSR count). The van der Waals surface area contributed by atoms with Gasteiger partial charge in [-0.05, 0) is 38.8 Å². The van der Waals surface area contributed by atoms with E-state index in [0.717, 1.165) is 51.6 Å². The fourth-order valence-electron chi connectivity index (χ4n) is 3.17. The summed E-state index contributed by atoms with van der Waals surface area (Å²) >= 11 is 0. The summed E-state index contributed by atoms with van der Waals surface area (Å²) < 4.78 is 0. The smallest absolute Gasteiger partial charge is 0.0726 e. The van der Waals surface area contributed by atoms with Crippen LogP contribution in [0.4, 0.5) is 0 Å². The molecule has 0 unspecified atom stereocenters. The molecule has 0 aromatic rings. The Kier molecular flexibility index (Phi) is 2.82. The van der Waals surface area contributed by atoms with E-state index in [1.807, 2.05) is 0 Å². The standard InChI is InChI=1S/C11H21NO2/c13-9-10(5-7-12-8-6-10)11(14)3-1-2-4-11/h12-14H,1-9H2. The Balaban J connectivity index is 2.16. The zero-order valence-corrected chi connectivity index (χ0v) is 8.76. The molecule has 0 atom stereocenters. The zero-order valence-electron chi connectivity index (χ0n) is 8.76. The van der Waals surface area contributed by atoms with Crippen LogP contribution < -0.4 is 5.32 Å². The first-order valence-electron chi connectivity index (χ1n) is 5.76. The fourth-order valence-corrected chi connectivity index (χ4v) is 3.17. The van der Waals surface area contributed by atoms with Crippen molar-refractivity contribution in [2.75, 3.05) is 19.7 Å². The van der Waals surface area contributed by atoms with Crippen molar-refractivity contribution in [2.24, 2.45) is 5.41 Å². The van der Waals surface area contributed by atoms with Crippen LogP contribution in [0, 0.1) is 5.41 Å². The molecule has 82 valence electrons. The van der Waals surface area contributed by atoms with Crippen LogP contribution in [0.5, 0.6) is 0 Å². The van der Waals surface area contributed by atoms with Crippen LogP contribution in [-0.2, 0) is 0 Å². The number of aliphatic hydroxyl groups is 2. The Morgan fingerprint density at radius 1 is 1.00 bits per heavy atom. The molecule has 1 saturated carbocycles. The number of piperidine rings is 1. The fraction of sp³-hybridized carbons (Fsp3) is 1.00. The first kappa shape index (κ1) is 10.4. The second-order valence-electron chi connectivity index (χ2n) is 4.93. The zero-order chi connectivity index (χ0) is 10.1. The topological polar surface area (TPSA) is 52.5 Å². The lowest BCUT2D eigenvalue weighted by Gasteiger charge is -2.47. The van der Waals surface area contributed by atoms with Gasteiger partial charge in [0.1, 0.15) is 0 Å². The number of hydrogen-bond donors (Lipinski definition) is 3. The molecule has 1 heterocycles. The van der Waals surface area contributed by atoms with Crippen LogP contribution >= 0.6 is 0 Å². The quantitative estimate of drug-likeness (QED) is 0.612. The molecule has 1 aliphatic carbocycles. The van der Waals surface area contributed by atoms with Gasteiger partial charge in [0.05, 0.1) is 12.2 Å². The van der Waals surface area contributed by atoms with E-state index in [4.69, 9.17) is 0 Å². The summed E-state index contributed by atoms with van der Waals surface area (Å²) in [5.74, 6) is 0. The lowest BCUT2D eigenvalue weighted by molar-refractivity contribution is -0.120. The molecule has 0 aromatic heterocycles. The first-order valence-corrected chi connectivity index (χ1v) is 5.76. The van der Waals surface area contributed by atoms with Gasteiger partial charge in [-0.2, -0.15) is 0 Å². The molecular formula is C11H21NO2. The normalized spacial score (nSPS) is 30.4. The number of rotatable bonds is 2. The SMILES string of the molecule is OCC1(C2(O)CCCC2)CCNCC1. The van der Waals surface area contributed by atoms with Crippen LogP contribution in [0.25, 0.3) is 0 Å². The van der Waals surface area contributed by atoms with E-state index in [1.54, 1.807) is 0 Å². The molecule has 0 radical (unpaired) electrons. The molecule has 0 spiro atoms. The molecule has 0 aromatic carbocycles. The summed E-state index contributed by atoms with van der Waals surface area (Å²) in [5.41, 5.74) is -0.793. The lowest BCUT2D eigenvalue weighted by Crippen LogP contribution is -2.54. The van der Waals surface area contributed by atoms with Crippen molar-refractivity contribution < 1.29 is 10.2 Å². The van der Waals surface area contributed by atoms with Crippen LogP contribution in [0.2, 0.25) is 0 Å². The average Bonchev–Trinajstić information content (AvgIpc) is 2.68. The van der Waals surface area contributed by atoms with E-state index >= 15 is 0 Å². The average molecular weight is 199 g/mol. The maximum absolute atomic E-state index is 10.6. The van der Waals surface area contributed by atoms with Crippen LogP contribution in [0.3, 0.4) is 0 Å². The second kappa shape index (κ2) is 3.80. The minimum Gasteiger partial charge on any atom is -0.396 e. The van der Waals surface area contributed by atoms with E-state index in [0.29, 0.717) is 0 Å². The highest BCUT2D eigenvalue weighted by Gasteiger charge is 2.51. The highest BCUT2D eigenvalue weighted by atomic mass is 16.3. The molecule has 2 aliphatic rings. The summed E-state index contributed by atoms with van der Waals surface area (Å²) in [6.45, 7) is 2.01. The second-order valence-corrected chi connectivity index (χ2v) is 4.93. The highest BCUT2D eigenvalue weighted by Crippen LogP contribution is 2.48. The van der Waals surface area contributed by atoms with Crippen LogP contribution in [0.1, 0.15) is 38.5 Å². The maximum Gasteiger partial charge on any atom is 0.0726 e. The van der Waals surface area contributed by atoms with Gasteiger partial charge in [-0.3, -0.25) is 0 Å². The molecule has 14 heavy (non-hydrogen) atoms. The summed E-state index contributed by atoms with van der Waals surface area (Å²) in [6, 6.07) is 0. The third kappa shape index (κ3) is 1.47. The van der Waals surface area contributed by atoms with Gasteiger partial charge in [-0.1, -0.05) is 12.8 Å². The maximum atomic E-state index is 10.6. The summed E-state index contributed by atoms with van der Waals surface area (Å²) in [7, 11) is 0.